The summed E-state index contributed by atoms with van der Waals surface area (Å²) in [6, 6.07) is 18.5. The molecule has 0 unspecified atom stereocenters. The Labute approximate surface area is 207 Å². The molecule has 0 radical (unpaired) electrons. The monoisotopic (exact) mass is 483 g/mol. The fourth-order valence-corrected chi connectivity index (χ4v) is 4.06. The average molecular weight is 484 g/mol. The predicted octanol–water partition coefficient (Wildman–Crippen LogP) is 3.55. The van der Waals surface area contributed by atoms with Gasteiger partial charge in [-0.15, -0.1) is 0 Å². The van der Waals surface area contributed by atoms with Crippen molar-refractivity contribution < 1.29 is 14.3 Å². The second-order valence-corrected chi connectivity index (χ2v) is 8.26. The topological polar surface area (TPSA) is 119 Å². The van der Waals surface area contributed by atoms with Crippen LogP contribution >= 0.6 is 0 Å². The molecule has 0 aliphatic carbocycles. The summed E-state index contributed by atoms with van der Waals surface area (Å²) in [6.45, 7) is 5.60. The number of carbonyl (C=O) groups excluding carboxylic acids is 2. The molecule has 0 aliphatic heterocycles. The van der Waals surface area contributed by atoms with E-state index < -0.39 is 18.5 Å². The first-order valence-electron chi connectivity index (χ1n) is 11.5. The van der Waals surface area contributed by atoms with Gasteiger partial charge in [-0.25, -0.2) is 9.48 Å². The minimum absolute atomic E-state index is 0.0447. The summed E-state index contributed by atoms with van der Waals surface area (Å²) >= 11 is 0. The SMILES string of the molecule is CCn1nc(C(=O)OCC(=O)Nc2c(C#N)c(C)c(C)n2Cc2ccccc2)c2ccccc2c1=O. The van der Waals surface area contributed by atoms with E-state index in [0.29, 0.717) is 28.7 Å². The summed E-state index contributed by atoms with van der Waals surface area (Å²) in [6.07, 6.45) is 0. The summed E-state index contributed by atoms with van der Waals surface area (Å²) in [5.41, 5.74) is 2.61. The van der Waals surface area contributed by atoms with Crippen LogP contribution in [0.15, 0.2) is 59.4 Å². The van der Waals surface area contributed by atoms with Crippen molar-refractivity contribution in [2.75, 3.05) is 11.9 Å². The van der Waals surface area contributed by atoms with Crippen molar-refractivity contribution in [1.29, 1.82) is 5.26 Å². The van der Waals surface area contributed by atoms with E-state index in [9.17, 15) is 19.6 Å². The maximum Gasteiger partial charge on any atom is 0.359 e. The lowest BCUT2D eigenvalue weighted by molar-refractivity contribution is -0.119. The summed E-state index contributed by atoms with van der Waals surface area (Å²) in [5, 5.41) is 17.3. The van der Waals surface area contributed by atoms with Gasteiger partial charge in [0.1, 0.15) is 11.9 Å². The van der Waals surface area contributed by atoms with E-state index in [2.05, 4.69) is 16.5 Å². The van der Waals surface area contributed by atoms with Crippen molar-refractivity contribution in [3.05, 3.63) is 93.0 Å². The number of fused-ring (bicyclic) bond motifs is 1. The largest absolute Gasteiger partial charge is 0.451 e. The predicted molar refractivity (Wildman–Crippen MR) is 135 cm³/mol. The number of nitrogens with one attached hydrogen (secondary N) is 1. The number of nitriles is 1. The molecule has 4 aromatic rings. The molecule has 0 saturated heterocycles. The first kappa shape index (κ1) is 24.4. The van der Waals surface area contributed by atoms with Crippen molar-refractivity contribution in [2.24, 2.45) is 0 Å². The Hall–Kier alpha value is -4.71. The molecule has 4 rings (SSSR count). The van der Waals surface area contributed by atoms with Gasteiger partial charge in [0.05, 0.1) is 10.9 Å². The highest BCUT2D eigenvalue weighted by Gasteiger charge is 2.22. The van der Waals surface area contributed by atoms with Gasteiger partial charge in [-0.3, -0.25) is 9.59 Å². The number of amides is 1. The number of anilines is 1. The van der Waals surface area contributed by atoms with Crippen LogP contribution in [-0.2, 0) is 22.6 Å². The van der Waals surface area contributed by atoms with Crippen LogP contribution in [0.3, 0.4) is 0 Å². The highest BCUT2D eigenvalue weighted by molar-refractivity contribution is 6.03. The van der Waals surface area contributed by atoms with Crippen molar-refractivity contribution in [2.45, 2.75) is 33.9 Å². The smallest absolute Gasteiger partial charge is 0.359 e. The number of nitrogens with zero attached hydrogens (tertiary/aromatic N) is 4. The summed E-state index contributed by atoms with van der Waals surface area (Å²) < 4.78 is 8.29. The average Bonchev–Trinajstić information content (AvgIpc) is 3.11. The number of hydrogen-bond donors (Lipinski definition) is 1. The Balaban J connectivity index is 1.56. The first-order valence-corrected chi connectivity index (χ1v) is 11.5. The number of ether oxygens (including phenoxy) is 1. The van der Waals surface area contributed by atoms with Crippen LogP contribution in [0, 0.1) is 25.2 Å². The van der Waals surface area contributed by atoms with E-state index in [4.69, 9.17) is 4.74 Å². The van der Waals surface area contributed by atoms with Gasteiger partial charge in [0.15, 0.2) is 12.3 Å². The van der Waals surface area contributed by atoms with E-state index >= 15 is 0 Å². The van der Waals surface area contributed by atoms with Crippen molar-refractivity contribution >= 4 is 28.5 Å². The Morgan fingerprint density at radius 1 is 1.06 bits per heavy atom. The first-order chi connectivity index (χ1) is 17.3. The van der Waals surface area contributed by atoms with E-state index in [1.54, 1.807) is 31.2 Å². The number of carbonyl (C=O) groups is 2. The van der Waals surface area contributed by atoms with Crippen molar-refractivity contribution in [1.82, 2.24) is 14.3 Å². The van der Waals surface area contributed by atoms with Crippen LogP contribution in [0.5, 0.6) is 0 Å². The lowest BCUT2D eigenvalue weighted by Gasteiger charge is -2.14. The lowest BCUT2D eigenvalue weighted by Crippen LogP contribution is -2.27. The fourth-order valence-electron chi connectivity index (χ4n) is 4.06. The molecule has 0 fully saturated rings. The molecule has 2 heterocycles. The van der Waals surface area contributed by atoms with E-state index in [-0.39, 0.29) is 17.8 Å². The summed E-state index contributed by atoms with van der Waals surface area (Å²) in [7, 11) is 0. The fraction of sp³-hybridized carbons (Fsp3) is 0.222. The highest BCUT2D eigenvalue weighted by Crippen LogP contribution is 2.27. The molecule has 0 spiro atoms. The van der Waals surface area contributed by atoms with Gasteiger partial charge < -0.3 is 14.6 Å². The van der Waals surface area contributed by atoms with Gasteiger partial charge in [-0.1, -0.05) is 48.5 Å². The maximum atomic E-state index is 12.8. The van der Waals surface area contributed by atoms with E-state index in [1.165, 1.54) is 4.68 Å². The number of esters is 1. The minimum Gasteiger partial charge on any atom is -0.451 e. The van der Waals surface area contributed by atoms with Gasteiger partial charge >= 0.3 is 5.97 Å². The molecule has 0 bridgehead atoms. The highest BCUT2D eigenvalue weighted by atomic mass is 16.5. The number of hydrogen-bond acceptors (Lipinski definition) is 6. The number of rotatable bonds is 7. The molecule has 9 nitrogen and oxygen atoms in total. The standard InChI is InChI=1S/C27H25N5O4/c1-4-32-26(34)21-13-9-8-12-20(21)24(30-32)27(35)36-16-23(33)29-25-22(14-28)17(2)18(3)31(25)15-19-10-6-5-7-11-19/h5-13H,4,15-16H2,1-3H3,(H,29,33). The zero-order chi connectivity index (χ0) is 25.8. The van der Waals surface area contributed by atoms with Gasteiger partial charge in [0, 0.05) is 24.2 Å². The number of aromatic nitrogens is 3. The lowest BCUT2D eigenvalue weighted by atomic mass is 10.1. The molecule has 1 amide bonds. The summed E-state index contributed by atoms with van der Waals surface area (Å²) in [4.78, 5) is 38.2. The molecule has 1 N–H and O–H groups in total. The molecule has 9 heteroatoms. The molecule has 2 aromatic heterocycles. The minimum atomic E-state index is -0.823. The summed E-state index contributed by atoms with van der Waals surface area (Å²) in [5.74, 6) is -1.07. The molecule has 0 saturated carbocycles. The third kappa shape index (κ3) is 4.61. The third-order valence-corrected chi connectivity index (χ3v) is 6.08. The normalized spacial score (nSPS) is 10.7. The maximum absolute atomic E-state index is 12.8. The molecule has 0 atom stereocenters. The van der Waals surface area contributed by atoms with Crippen LogP contribution < -0.4 is 10.9 Å². The number of aryl methyl sites for hydroxylation is 1. The molecular formula is C27H25N5O4. The van der Waals surface area contributed by atoms with E-state index in [1.807, 2.05) is 48.7 Å². The Morgan fingerprint density at radius 2 is 1.72 bits per heavy atom. The number of benzene rings is 2. The second-order valence-electron chi connectivity index (χ2n) is 8.26. The third-order valence-electron chi connectivity index (χ3n) is 6.08. The van der Waals surface area contributed by atoms with Crippen LogP contribution in [0.2, 0.25) is 0 Å². The molecular weight excluding hydrogens is 458 g/mol. The molecule has 0 aliphatic rings. The second kappa shape index (κ2) is 10.3. The van der Waals surface area contributed by atoms with Gasteiger partial charge in [0.25, 0.3) is 11.5 Å². The quantitative estimate of drug-likeness (QED) is 0.402. The zero-order valence-electron chi connectivity index (χ0n) is 20.2. The Kier molecular flexibility index (Phi) is 6.97. The van der Waals surface area contributed by atoms with Gasteiger partial charge in [-0.2, -0.15) is 10.4 Å². The van der Waals surface area contributed by atoms with Crippen molar-refractivity contribution in [3.8, 4) is 6.07 Å². The Bertz CT molecular complexity index is 1560. The van der Waals surface area contributed by atoms with Crippen LogP contribution in [0.25, 0.3) is 10.8 Å². The van der Waals surface area contributed by atoms with Gasteiger partial charge in [0.2, 0.25) is 0 Å². The van der Waals surface area contributed by atoms with Crippen LogP contribution in [-0.4, -0.2) is 32.8 Å². The Morgan fingerprint density at radius 3 is 2.39 bits per heavy atom. The van der Waals surface area contributed by atoms with Crippen LogP contribution in [0.4, 0.5) is 5.82 Å². The molecule has 2 aromatic carbocycles. The van der Waals surface area contributed by atoms with E-state index in [0.717, 1.165) is 16.8 Å². The van der Waals surface area contributed by atoms with Crippen molar-refractivity contribution in [3.63, 3.8) is 0 Å². The van der Waals surface area contributed by atoms with Crippen LogP contribution in [0.1, 0.15) is 39.8 Å². The van der Waals surface area contributed by atoms with Gasteiger partial charge in [-0.05, 0) is 38.0 Å². The molecule has 36 heavy (non-hydrogen) atoms. The molecule has 182 valence electrons. The zero-order valence-corrected chi connectivity index (χ0v) is 20.2.